The molecular weight excluding hydrogens is 360 g/mol. The Hall–Kier alpha value is -3.81. The Morgan fingerprint density at radius 2 is 1.89 bits per heavy atom. The minimum Gasteiger partial charge on any atom is -0.497 e. The van der Waals surface area contributed by atoms with Crippen LogP contribution in [0.15, 0.2) is 53.3 Å². The Labute approximate surface area is 160 Å². The number of nitrogens with zero attached hydrogens (tertiary/aromatic N) is 3. The van der Waals surface area contributed by atoms with Crippen LogP contribution in [-0.4, -0.2) is 35.4 Å². The third kappa shape index (κ3) is 2.84. The first kappa shape index (κ1) is 16.4. The molecule has 5 rings (SSSR count). The van der Waals surface area contributed by atoms with Gasteiger partial charge < -0.3 is 24.1 Å². The Morgan fingerprint density at radius 1 is 1.00 bits per heavy atom. The maximum atomic E-state index is 5.65. The fraction of sp³-hybridized carbons (Fsp3) is 0.150. The highest BCUT2D eigenvalue weighted by Gasteiger charge is 2.18. The molecule has 1 N–H and O–H groups in total. The largest absolute Gasteiger partial charge is 0.497 e. The van der Waals surface area contributed by atoms with Crippen LogP contribution in [0.3, 0.4) is 0 Å². The van der Waals surface area contributed by atoms with Crippen LogP contribution in [0.2, 0.25) is 0 Å². The highest BCUT2D eigenvalue weighted by molar-refractivity contribution is 5.98. The first-order chi connectivity index (χ1) is 13.8. The van der Waals surface area contributed by atoms with Crippen molar-refractivity contribution in [1.82, 2.24) is 15.1 Å². The summed E-state index contributed by atoms with van der Waals surface area (Å²) in [6.45, 7) is 1.08. The number of benzene rings is 2. The SMILES string of the molecule is COc1cccc(-c2noc3ncnc(Nc4ccc5c(c4)OCCO5)c23)c1. The van der Waals surface area contributed by atoms with E-state index in [-0.39, 0.29) is 0 Å². The second-order valence-corrected chi connectivity index (χ2v) is 6.15. The summed E-state index contributed by atoms with van der Waals surface area (Å²) in [4.78, 5) is 8.58. The van der Waals surface area contributed by atoms with Crippen LogP contribution >= 0.6 is 0 Å². The summed E-state index contributed by atoms with van der Waals surface area (Å²) in [7, 11) is 1.62. The molecule has 28 heavy (non-hydrogen) atoms. The van der Waals surface area contributed by atoms with Crippen molar-refractivity contribution in [2.24, 2.45) is 0 Å². The number of anilines is 2. The van der Waals surface area contributed by atoms with Gasteiger partial charge in [-0.1, -0.05) is 17.3 Å². The molecule has 0 atom stereocenters. The molecular formula is C20H16N4O4. The van der Waals surface area contributed by atoms with Crippen LogP contribution in [0.4, 0.5) is 11.5 Å². The van der Waals surface area contributed by atoms with Gasteiger partial charge >= 0.3 is 0 Å². The molecule has 3 heterocycles. The predicted octanol–water partition coefficient (Wildman–Crippen LogP) is 3.81. The number of hydrogen-bond acceptors (Lipinski definition) is 8. The number of fused-ring (bicyclic) bond motifs is 2. The van der Waals surface area contributed by atoms with Crippen molar-refractivity contribution in [3.05, 3.63) is 48.8 Å². The molecule has 1 aliphatic heterocycles. The maximum absolute atomic E-state index is 5.65. The van der Waals surface area contributed by atoms with Crippen LogP contribution < -0.4 is 19.5 Å². The lowest BCUT2D eigenvalue weighted by atomic mass is 10.1. The number of aromatic nitrogens is 3. The highest BCUT2D eigenvalue weighted by Crippen LogP contribution is 2.36. The maximum Gasteiger partial charge on any atom is 0.263 e. The van der Waals surface area contributed by atoms with Gasteiger partial charge in [-0.25, -0.2) is 4.98 Å². The topological polar surface area (TPSA) is 91.5 Å². The molecule has 140 valence electrons. The Bertz CT molecular complexity index is 1160. The van der Waals surface area contributed by atoms with Gasteiger partial charge in [0.2, 0.25) is 0 Å². The van der Waals surface area contributed by atoms with E-state index < -0.39 is 0 Å². The molecule has 4 aromatic rings. The van der Waals surface area contributed by atoms with Crippen molar-refractivity contribution < 1.29 is 18.7 Å². The lowest BCUT2D eigenvalue weighted by molar-refractivity contribution is 0.171. The molecule has 0 saturated carbocycles. The molecule has 0 unspecified atom stereocenters. The predicted molar refractivity (Wildman–Crippen MR) is 102 cm³/mol. The molecule has 0 spiro atoms. The summed E-state index contributed by atoms with van der Waals surface area (Å²) >= 11 is 0. The second-order valence-electron chi connectivity index (χ2n) is 6.15. The Balaban J connectivity index is 1.57. The number of rotatable bonds is 4. The van der Waals surface area contributed by atoms with E-state index in [1.165, 1.54) is 6.33 Å². The van der Waals surface area contributed by atoms with Gasteiger partial charge in [0.1, 0.15) is 42.2 Å². The van der Waals surface area contributed by atoms with Crippen LogP contribution in [-0.2, 0) is 0 Å². The monoisotopic (exact) mass is 376 g/mol. The lowest BCUT2D eigenvalue weighted by Crippen LogP contribution is -2.15. The van der Waals surface area contributed by atoms with E-state index in [0.29, 0.717) is 41.6 Å². The van der Waals surface area contributed by atoms with E-state index in [1.54, 1.807) is 7.11 Å². The Morgan fingerprint density at radius 3 is 2.79 bits per heavy atom. The molecule has 1 aliphatic rings. The first-order valence-corrected chi connectivity index (χ1v) is 8.73. The van der Waals surface area contributed by atoms with Gasteiger partial charge in [-0.05, 0) is 24.3 Å². The van der Waals surface area contributed by atoms with E-state index in [4.69, 9.17) is 18.7 Å². The van der Waals surface area contributed by atoms with E-state index in [0.717, 1.165) is 22.7 Å². The van der Waals surface area contributed by atoms with Crippen LogP contribution in [0.5, 0.6) is 17.2 Å². The first-order valence-electron chi connectivity index (χ1n) is 8.73. The molecule has 8 heteroatoms. The van der Waals surface area contributed by atoms with Crippen molar-refractivity contribution in [3.8, 4) is 28.5 Å². The quantitative estimate of drug-likeness (QED) is 0.575. The van der Waals surface area contributed by atoms with E-state index in [1.807, 2.05) is 42.5 Å². The minimum absolute atomic E-state index is 0.396. The fourth-order valence-electron chi connectivity index (χ4n) is 3.11. The van der Waals surface area contributed by atoms with Crippen molar-refractivity contribution in [1.29, 1.82) is 0 Å². The molecule has 2 aromatic heterocycles. The molecule has 0 aliphatic carbocycles. The summed E-state index contributed by atoms with van der Waals surface area (Å²) in [5.41, 5.74) is 2.68. The van der Waals surface area contributed by atoms with Gasteiger partial charge in [-0.15, -0.1) is 0 Å². The van der Waals surface area contributed by atoms with Crippen LogP contribution in [0.25, 0.3) is 22.4 Å². The number of hydrogen-bond donors (Lipinski definition) is 1. The molecule has 0 saturated heterocycles. The van der Waals surface area contributed by atoms with Gasteiger partial charge in [0, 0.05) is 17.3 Å². The van der Waals surface area contributed by atoms with E-state index in [9.17, 15) is 0 Å². The highest BCUT2D eigenvalue weighted by atomic mass is 16.6. The number of nitrogens with one attached hydrogen (secondary N) is 1. The summed E-state index contributed by atoms with van der Waals surface area (Å²) in [5, 5.41) is 8.19. The molecule has 8 nitrogen and oxygen atoms in total. The molecule has 2 aromatic carbocycles. The van der Waals surface area contributed by atoms with Crippen molar-refractivity contribution in [2.45, 2.75) is 0 Å². The molecule has 0 radical (unpaired) electrons. The smallest absolute Gasteiger partial charge is 0.263 e. The van der Waals surface area contributed by atoms with Gasteiger partial charge in [-0.3, -0.25) is 0 Å². The van der Waals surface area contributed by atoms with Gasteiger partial charge in [0.05, 0.1) is 7.11 Å². The van der Waals surface area contributed by atoms with E-state index in [2.05, 4.69) is 20.4 Å². The van der Waals surface area contributed by atoms with Crippen LogP contribution in [0, 0.1) is 0 Å². The van der Waals surface area contributed by atoms with Crippen molar-refractivity contribution >= 4 is 22.6 Å². The van der Waals surface area contributed by atoms with Crippen LogP contribution in [0.1, 0.15) is 0 Å². The Kier molecular flexibility index (Phi) is 3.93. The van der Waals surface area contributed by atoms with Gasteiger partial charge in [0.15, 0.2) is 11.5 Å². The fourth-order valence-corrected chi connectivity index (χ4v) is 3.11. The normalized spacial score (nSPS) is 12.8. The molecule has 0 amide bonds. The zero-order chi connectivity index (χ0) is 18.9. The molecule has 0 fully saturated rings. The lowest BCUT2D eigenvalue weighted by Gasteiger charge is -2.19. The number of ether oxygens (including phenoxy) is 3. The summed E-state index contributed by atoms with van der Waals surface area (Å²) in [6.07, 6.45) is 1.43. The summed E-state index contributed by atoms with van der Waals surface area (Å²) in [6, 6.07) is 13.2. The standard InChI is InChI=1S/C20H16N4O4/c1-25-14-4-2-3-12(9-14)18-17-19(21-11-22-20(17)28-24-18)23-13-5-6-15-16(10-13)27-8-7-26-15/h2-6,9-11H,7-8H2,1H3,(H,21,22,23). The zero-order valence-corrected chi connectivity index (χ0v) is 15.0. The second kappa shape index (κ2) is 6.73. The van der Waals surface area contributed by atoms with E-state index >= 15 is 0 Å². The minimum atomic E-state index is 0.396. The summed E-state index contributed by atoms with van der Waals surface area (Å²) < 4.78 is 22.0. The average molecular weight is 376 g/mol. The molecule has 0 bridgehead atoms. The third-order valence-electron chi connectivity index (χ3n) is 4.42. The van der Waals surface area contributed by atoms with Gasteiger partial charge in [0.25, 0.3) is 5.71 Å². The summed E-state index contributed by atoms with van der Waals surface area (Å²) in [5.74, 6) is 2.74. The van der Waals surface area contributed by atoms with Crippen molar-refractivity contribution in [3.63, 3.8) is 0 Å². The van der Waals surface area contributed by atoms with Crippen molar-refractivity contribution in [2.75, 3.05) is 25.6 Å². The average Bonchev–Trinajstić information content (AvgIpc) is 3.19. The third-order valence-corrected chi connectivity index (χ3v) is 4.42. The van der Waals surface area contributed by atoms with Gasteiger partial charge in [-0.2, -0.15) is 4.98 Å². The zero-order valence-electron chi connectivity index (χ0n) is 15.0. The number of methoxy groups -OCH3 is 1.